The van der Waals surface area contributed by atoms with Crippen LogP contribution in [0.15, 0.2) is 41.0 Å². The Morgan fingerprint density at radius 1 is 1.13 bits per heavy atom. The highest BCUT2D eigenvalue weighted by Gasteiger charge is 2.36. The molecule has 1 aliphatic heterocycles. The zero-order valence-corrected chi connectivity index (χ0v) is 12.2. The molecule has 0 aliphatic carbocycles. The molecule has 0 unspecified atom stereocenters. The van der Waals surface area contributed by atoms with Crippen molar-refractivity contribution < 1.29 is 22.0 Å². The zero-order chi connectivity index (χ0) is 16.4. The number of benzene rings is 1. The Labute approximate surface area is 130 Å². The summed E-state index contributed by atoms with van der Waals surface area (Å²) < 4.78 is 57.9. The first-order valence-corrected chi connectivity index (χ1v) is 7.31. The lowest BCUT2D eigenvalue weighted by molar-refractivity contribution is -0.140. The number of rotatable bonds is 3. The van der Waals surface area contributed by atoms with Crippen molar-refractivity contribution >= 4 is 0 Å². The number of furan rings is 1. The Bertz CT molecular complexity index is 649. The van der Waals surface area contributed by atoms with Gasteiger partial charge in [0.15, 0.2) is 0 Å². The molecule has 1 saturated heterocycles. The predicted octanol–water partition coefficient (Wildman–Crippen LogP) is 3.43. The van der Waals surface area contributed by atoms with E-state index >= 15 is 0 Å². The van der Waals surface area contributed by atoms with Crippen molar-refractivity contribution in [3.05, 3.63) is 59.3 Å². The van der Waals surface area contributed by atoms with Crippen LogP contribution in [0.1, 0.15) is 22.9 Å². The summed E-state index contributed by atoms with van der Waals surface area (Å²) in [5.41, 5.74) is -0.878. The van der Waals surface area contributed by atoms with E-state index in [0.29, 0.717) is 24.4 Å². The van der Waals surface area contributed by atoms with Gasteiger partial charge in [0.05, 0.1) is 17.9 Å². The molecule has 1 aliphatic rings. The fraction of sp³-hybridized carbons (Fsp3) is 0.375. The number of piperazine rings is 1. The summed E-state index contributed by atoms with van der Waals surface area (Å²) in [5.74, 6) is -0.716. The highest BCUT2D eigenvalue weighted by molar-refractivity contribution is 5.33. The standard InChI is InChI=1S/C16H16F4N2O/c17-13-4-3-11(10-12(13)16(18,19)20)15(14-2-1-9-23-14)22-7-5-21-6-8-22/h1-4,9-10,15,21H,5-8H2/t15-/m1/s1. The topological polar surface area (TPSA) is 28.4 Å². The Morgan fingerprint density at radius 2 is 1.87 bits per heavy atom. The molecule has 1 aromatic carbocycles. The van der Waals surface area contributed by atoms with E-state index in [2.05, 4.69) is 5.32 Å². The molecule has 2 aromatic rings. The normalized spacial score (nSPS) is 18.1. The Balaban J connectivity index is 2.03. The van der Waals surface area contributed by atoms with Crippen LogP contribution < -0.4 is 5.32 Å². The number of nitrogens with zero attached hydrogens (tertiary/aromatic N) is 1. The molecule has 1 atom stereocenters. The predicted molar refractivity (Wildman–Crippen MR) is 76.4 cm³/mol. The van der Waals surface area contributed by atoms with E-state index in [-0.39, 0.29) is 0 Å². The molecule has 3 rings (SSSR count). The zero-order valence-electron chi connectivity index (χ0n) is 12.2. The van der Waals surface area contributed by atoms with Crippen LogP contribution in [-0.2, 0) is 6.18 Å². The van der Waals surface area contributed by atoms with Crippen molar-refractivity contribution in [3.63, 3.8) is 0 Å². The van der Waals surface area contributed by atoms with Crippen LogP contribution in [-0.4, -0.2) is 31.1 Å². The maximum atomic E-state index is 13.5. The lowest BCUT2D eigenvalue weighted by atomic mass is 9.99. The van der Waals surface area contributed by atoms with Gasteiger partial charge < -0.3 is 9.73 Å². The Morgan fingerprint density at radius 3 is 2.48 bits per heavy atom. The van der Waals surface area contributed by atoms with Crippen molar-refractivity contribution in [2.45, 2.75) is 12.2 Å². The molecule has 0 bridgehead atoms. The maximum Gasteiger partial charge on any atom is 0.419 e. The van der Waals surface area contributed by atoms with Crippen LogP contribution >= 0.6 is 0 Å². The van der Waals surface area contributed by atoms with Gasteiger partial charge in [-0.05, 0) is 29.8 Å². The first-order chi connectivity index (χ1) is 11.0. The average Bonchev–Trinajstić information content (AvgIpc) is 3.03. The van der Waals surface area contributed by atoms with Crippen LogP contribution in [0.3, 0.4) is 0 Å². The summed E-state index contributed by atoms with van der Waals surface area (Å²) in [6, 6.07) is 6.09. The summed E-state index contributed by atoms with van der Waals surface area (Å²) in [6.45, 7) is 2.82. The van der Waals surface area contributed by atoms with Gasteiger partial charge in [-0.2, -0.15) is 13.2 Å². The number of hydrogen-bond donors (Lipinski definition) is 1. The van der Waals surface area contributed by atoms with Crippen molar-refractivity contribution in [2.24, 2.45) is 0 Å². The van der Waals surface area contributed by atoms with Crippen LogP contribution in [0.5, 0.6) is 0 Å². The second-order valence-corrected chi connectivity index (χ2v) is 5.44. The minimum atomic E-state index is -4.72. The van der Waals surface area contributed by atoms with Gasteiger partial charge in [-0.25, -0.2) is 4.39 Å². The quantitative estimate of drug-likeness (QED) is 0.875. The van der Waals surface area contributed by atoms with Gasteiger partial charge in [-0.15, -0.1) is 0 Å². The first kappa shape index (κ1) is 16.0. The molecule has 7 heteroatoms. The minimum Gasteiger partial charge on any atom is -0.467 e. The average molecular weight is 328 g/mol. The number of nitrogens with one attached hydrogen (secondary N) is 1. The van der Waals surface area contributed by atoms with Crippen LogP contribution in [0.25, 0.3) is 0 Å². The monoisotopic (exact) mass is 328 g/mol. The van der Waals surface area contributed by atoms with Gasteiger partial charge in [0.25, 0.3) is 0 Å². The van der Waals surface area contributed by atoms with E-state index in [9.17, 15) is 17.6 Å². The van der Waals surface area contributed by atoms with Crippen molar-refractivity contribution in [1.29, 1.82) is 0 Å². The van der Waals surface area contributed by atoms with Crippen LogP contribution in [0.4, 0.5) is 17.6 Å². The van der Waals surface area contributed by atoms with Gasteiger partial charge >= 0.3 is 6.18 Å². The summed E-state index contributed by atoms with van der Waals surface area (Å²) >= 11 is 0. The molecule has 1 fully saturated rings. The van der Waals surface area contributed by atoms with Crippen molar-refractivity contribution in [2.75, 3.05) is 26.2 Å². The van der Waals surface area contributed by atoms with Crippen LogP contribution in [0.2, 0.25) is 0 Å². The lowest BCUT2D eigenvalue weighted by Gasteiger charge is -2.34. The summed E-state index contributed by atoms with van der Waals surface area (Å²) in [4.78, 5) is 2.03. The molecule has 1 aromatic heterocycles. The molecular formula is C16H16F4N2O. The Hall–Kier alpha value is -1.86. The highest BCUT2D eigenvalue weighted by atomic mass is 19.4. The fourth-order valence-corrected chi connectivity index (χ4v) is 2.87. The van der Waals surface area contributed by atoms with E-state index in [0.717, 1.165) is 25.2 Å². The number of halogens is 4. The molecular weight excluding hydrogens is 312 g/mol. The van der Waals surface area contributed by atoms with E-state index in [1.165, 1.54) is 12.3 Å². The summed E-state index contributed by atoms with van der Waals surface area (Å²) in [5, 5.41) is 3.20. The first-order valence-electron chi connectivity index (χ1n) is 7.31. The molecule has 3 nitrogen and oxygen atoms in total. The van der Waals surface area contributed by atoms with Crippen molar-refractivity contribution in [1.82, 2.24) is 10.2 Å². The smallest absolute Gasteiger partial charge is 0.419 e. The van der Waals surface area contributed by atoms with E-state index in [4.69, 9.17) is 4.42 Å². The molecule has 0 spiro atoms. The van der Waals surface area contributed by atoms with Crippen LogP contribution in [0, 0.1) is 5.82 Å². The molecule has 0 amide bonds. The number of hydrogen-bond acceptors (Lipinski definition) is 3. The third-order valence-electron chi connectivity index (χ3n) is 3.94. The number of alkyl halides is 3. The molecule has 124 valence electrons. The molecule has 1 N–H and O–H groups in total. The molecule has 2 heterocycles. The van der Waals surface area contributed by atoms with Gasteiger partial charge in [-0.3, -0.25) is 4.90 Å². The van der Waals surface area contributed by atoms with Gasteiger partial charge in [0.1, 0.15) is 11.6 Å². The summed E-state index contributed by atoms with van der Waals surface area (Å²) in [7, 11) is 0. The molecule has 0 saturated carbocycles. The second-order valence-electron chi connectivity index (χ2n) is 5.44. The SMILES string of the molecule is Fc1ccc([C@H](c2ccco2)N2CCNCC2)cc1C(F)(F)F. The summed E-state index contributed by atoms with van der Waals surface area (Å²) in [6.07, 6.45) is -3.24. The van der Waals surface area contributed by atoms with E-state index < -0.39 is 23.6 Å². The fourth-order valence-electron chi connectivity index (χ4n) is 2.87. The third kappa shape index (κ3) is 3.40. The van der Waals surface area contributed by atoms with Gasteiger partial charge in [0.2, 0.25) is 0 Å². The Kier molecular flexibility index (Phi) is 4.41. The largest absolute Gasteiger partial charge is 0.467 e. The second kappa shape index (κ2) is 6.33. The highest BCUT2D eigenvalue weighted by Crippen LogP contribution is 2.36. The van der Waals surface area contributed by atoms with E-state index in [1.807, 2.05) is 4.90 Å². The molecule has 23 heavy (non-hydrogen) atoms. The minimum absolute atomic E-state index is 0.371. The van der Waals surface area contributed by atoms with Gasteiger partial charge in [-0.1, -0.05) is 6.07 Å². The van der Waals surface area contributed by atoms with Gasteiger partial charge in [0, 0.05) is 26.2 Å². The van der Waals surface area contributed by atoms with Crippen molar-refractivity contribution in [3.8, 4) is 0 Å². The maximum absolute atomic E-state index is 13.5. The lowest BCUT2D eigenvalue weighted by Crippen LogP contribution is -2.45. The third-order valence-corrected chi connectivity index (χ3v) is 3.94. The molecule has 0 radical (unpaired) electrons. The van der Waals surface area contributed by atoms with E-state index in [1.54, 1.807) is 12.1 Å².